The van der Waals surface area contributed by atoms with E-state index < -0.39 is 9.96 Å². The number of thiocarbonyl (C=S) groups is 1. The molecule has 0 aromatic carbocycles. The van der Waals surface area contributed by atoms with Crippen LogP contribution in [0.25, 0.3) is 0 Å². The van der Waals surface area contributed by atoms with Gasteiger partial charge in [-0.05, 0) is 18.6 Å². The van der Waals surface area contributed by atoms with Crippen molar-refractivity contribution in [3.05, 3.63) is 0 Å². The van der Waals surface area contributed by atoms with Crippen molar-refractivity contribution in [2.45, 2.75) is 36.1 Å². The van der Waals surface area contributed by atoms with Crippen molar-refractivity contribution in [2.75, 3.05) is 26.3 Å². The number of carbonyl (C=O) groups excluding carboxylic acids is 1. The van der Waals surface area contributed by atoms with Gasteiger partial charge >= 0.3 is 0 Å². The average Bonchev–Trinajstić information content (AvgIpc) is 2.44. The molecule has 0 radical (unpaired) electrons. The molecule has 1 rings (SSSR count). The van der Waals surface area contributed by atoms with Crippen LogP contribution in [0.2, 0.25) is 0 Å². The highest BCUT2D eigenvalue weighted by molar-refractivity contribution is 7.80. The van der Waals surface area contributed by atoms with Crippen LogP contribution in [0.3, 0.4) is 0 Å². The number of hydrogen-bond donors (Lipinski definition) is 2. The lowest BCUT2D eigenvalue weighted by atomic mass is 10.2. The van der Waals surface area contributed by atoms with E-state index in [1.165, 1.54) is 0 Å². The minimum absolute atomic E-state index is 0.176. The number of carbonyl (C=O) groups is 1. The molecular weight excluding hydrogens is 357 g/mol. The van der Waals surface area contributed by atoms with Crippen LogP contribution < -0.4 is 10.6 Å². The van der Waals surface area contributed by atoms with Crippen molar-refractivity contribution < 1.29 is 9.53 Å². The smallest absolute Gasteiger partial charge is 0.228 e. The summed E-state index contributed by atoms with van der Waals surface area (Å²) in [6, 6.07) is 0. The topological polar surface area (TPSA) is 53.6 Å². The quantitative estimate of drug-likeness (QED) is 0.438. The van der Waals surface area contributed by atoms with E-state index in [4.69, 9.17) is 51.8 Å². The third kappa shape index (κ3) is 7.19. The lowest BCUT2D eigenvalue weighted by Gasteiger charge is -2.34. The van der Waals surface area contributed by atoms with Crippen molar-refractivity contribution in [3.8, 4) is 0 Å². The minimum Gasteiger partial charge on any atom is -0.378 e. The highest BCUT2D eigenvalue weighted by Crippen LogP contribution is 2.29. The fourth-order valence-corrected chi connectivity index (χ4v) is 2.38. The highest BCUT2D eigenvalue weighted by atomic mass is 35.6. The van der Waals surface area contributed by atoms with Gasteiger partial charge in [0.2, 0.25) is 9.70 Å². The molecule has 0 aromatic rings. The Hall–Kier alpha value is -0.0100. The van der Waals surface area contributed by atoms with Gasteiger partial charge in [0.25, 0.3) is 0 Å². The number of alkyl halides is 3. The Balaban J connectivity index is 2.57. The predicted octanol–water partition coefficient (Wildman–Crippen LogP) is 2.20. The normalized spacial score (nSPS) is 17.2. The van der Waals surface area contributed by atoms with Crippen molar-refractivity contribution in [3.63, 3.8) is 0 Å². The molecule has 1 heterocycles. The largest absolute Gasteiger partial charge is 0.378 e. The van der Waals surface area contributed by atoms with Gasteiger partial charge in [-0.15, -0.1) is 0 Å². The molecule has 0 bridgehead atoms. The molecule has 9 heteroatoms. The van der Waals surface area contributed by atoms with Gasteiger partial charge in [0.05, 0.1) is 13.2 Å². The SMILES string of the molecule is CCCCC(=O)N[C@H](NC(=S)N1CCOCC1)C(Cl)(Cl)Cl. The van der Waals surface area contributed by atoms with E-state index in [0.29, 0.717) is 37.8 Å². The summed E-state index contributed by atoms with van der Waals surface area (Å²) in [5.41, 5.74) is 0. The Bertz CT molecular complexity index is 360. The predicted molar refractivity (Wildman–Crippen MR) is 89.9 cm³/mol. The van der Waals surface area contributed by atoms with Crippen molar-refractivity contribution in [1.29, 1.82) is 0 Å². The number of morpholine rings is 1. The van der Waals surface area contributed by atoms with Gasteiger partial charge in [-0.2, -0.15) is 0 Å². The van der Waals surface area contributed by atoms with Crippen LogP contribution in [-0.2, 0) is 9.53 Å². The van der Waals surface area contributed by atoms with Crippen LogP contribution in [0.15, 0.2) is 0 Å². The van der Waals surface area contributed by atoms with E-state index in [2.05, 4.69) is 10.6 Å². The maximum Gasteiger partial charge on any atom is 0.228 e. The Morgan fingerprint density at radius 2 is 1.95 bits per heavy atom. The number of hydrogen-bond acceptors (Lipinski definition) is 3. The zero-order chi connectivity index (χ0) is 15.9. The van der Waals surface area contributed by atoms with Gasteiger partial charge in [-0.25, -0.2) is 0 Å². The maximum absolute atomic E-state index is 11.8. The molecule has 1 aliphatic heterocycles. The molecule has 0 aliphatic carbocycles. The molecule has 2 N–H and O–H groups in total. The van der Waals surface area contributed by atoms with E-state index in [-0.39, 0.29) is 5.91 Å². The average molecular weight is 377 g/mol. The van der Waals surface area contributed by atoms with Gasteiger partial charge in [-0.3, -0.25) is 4.79 Å². The fourth-order valence-electron chi connectivity index (χ4n) is 1.75. The van der Waals surface area contributed by atoms with Crippen LogP contribution >= 0.6 is 47.0 Å². The van der Waals surface area contributed by atoms with Crippen LogP contribution in [0.5, 0.6) is 0 Å². The van der Waals surface area contributed by atoms with Gasteiger partial charge < -0.3 is 20.3 Å². The standard InChI is InChI=1S/C12H20Cl3N3O2S/c1-2-3-4-9(19)16-10(12(13,14)15)17-11(21)18-5-7-20-8-6-18/h10H,2-8H2,1H3,(H,16,19)(H,17,21)/t10-/m1/s1. The van der Waals surface area contributed by atoms with Crippen molar-refractivity contribution in [2.24, 2.45) is 0 Å². The monoisotopic (exact) mass is 375 g/mol. The van der Waals surface area contributed by atoms with E-state index in [1.54, 1.807) is 0 Å². The number of ether oxygens (including phenoxy) is 1. The second-order valence-electron chi connectivity index (χ2n) is 4.69. The van der Waals surface area contributed by atoms with Crippen molar-refractivity contribution in [1.82, 2.24) is 15.5 Å². The molecule has 1 saturated heterocycles. The second kappa shape index (κ2) is 9.20. The summed E-state index contributed by atoms with van der Waals surface area (Å²) in [5.74, 6) is -0.176. The number of rotatable bonds is 5. The van der Waals surface area contributed by atoms with E-state index >= 15 is 0 Å². The molecular formula is C12H20Cl3N3O2S. The molecule has 0 spiro atoms. The Labute approximate surface area is 145 Å². The molecule has 1 aliphatic rings. The molecule has 0 aromatic heterocycles. The summed E-state index contributed by atoms with van der Waals surface area (Å²) in [5, 5.41) is 6.01. The molecule has 1 amide bonds. The lowest BCUT2D eigenvalue weighted by Crippen LogP contribution is -2.59. The first kappa shape index (κ1) is 19.0. The van der Waals surface area contributed by atoms with E-state index in [9.17, 15) is 4.79 Å². The Morgan fingerprint density at radius 1 is 1.33 bits per heavy atom. The van der Waals surface area contributed by atoms with Crippen LogP contribution in [0, 0.1) is 0 Å². The van der Waals surface area contributed by atoms with Gasteiger partial charge in [0, 0.05) is 19.5 Å². The maximum atomic E-state index is 11.8. The minimum atomic E-state index is -1.70. The van der Waals surface area contributed by atoms with Gasteiger partial charge in [0.1, 0.15) is 6.17 Å². The molecule has 1 fully saturated rings. The number of nitrogens with one attached hydrogen (secondary N) is 2. The summed E-state index contributed by atoms with van der Waals surface area (Å²) in [7, 11) is 0. The number of nitrogens with zero attached hydrogens (tertiary/aromatic N) is 1. The summed E-state index contributed by atoms with van der Waals surface area (Å²) in [6.07, 6.45) is 1.22. The van der Waals surface area contributed by atoms with Crippen molar-refractivity contribution >= 4 is 58.0 Å². The molecule has 0 saturated carbocycles. The molecule has 122 valence electrons. The first-order chi connectivity index (χ1) is 9.84. The Morgan fingerprint density at radius 3 is 2.48 bits per heavy atom. The van der Waals surface area contributed by atoms with Gasteiger partial charge in [-0.1, -0.05) is 48.1 Å². The van der Waals surface area contributed by atoms with Gasteiger partial charge in [0.15, 0.2) is 5.11 Å². The number of halogens is 3. The zero-order valence-electron chi connectivity index (χ0n) is 11.8. The van der Waals surface area contributed by atoms with E-state index in [1.807, 2.05) is 11.8 Å². The molecule has 1 atom stereocenters. The second-order valence-corrected chi connectivity index (χ2v) is 7.45. The molecule has 5 nitrogen and oxygen atoms in total. The number of amides is 1. The highest BCUT2D eigenvalue weighted by Gasteiger charge is 2.35. The third-order valence-electron chi connectivity index (χ3n) is 2.96. The Kier molecular flexibility index (Phi) is 8.34. The summed E-state index contributed by atoms with van der Waals surface area (Å²) in [6.45, 7) is 4.54. The fraction of sp³-hybridized carbons (Fsp3) is 0.833. The summed E-state index contributed by atoms with van der Waals surface area (Å²) < 4.78 is 3.56. The number of unbranched alkanes of at least 4 members (excludes halogenated alkanes) is 1. The van der Waals surface area contributed by atoms with Crippen LogP contribution in [-0.4, -0.2) is 52.2 Å². The lowest BCUT2D eigenvalue weighted by molar-refractivity contribution is -0.122. The van der Waals surface area contributed by atoms with Crippen LogP contribution in [0.4, 0.5) is 0 Å². The first-order valence-electron chi connectivity index (χ1n) is 6.84. The van der Waals surface area contributed by atoms with Crippen LogP contribution in [0.1, 0.15) is 26.2 Å². The summed E-state index contributed by atoms with van der Waals surface area (Å²) >= 11 is 23.0. The molecule has 21 heavy (non-hydrogen) atoms. The molecule has 0 unspecified atom stereocenters. The third-order valence-corrected chi connectivity index (χ3v) is 3.99. The first-order valence-corrected chi connectivity index (χ1v) is 8.38. The summed E-state index contributed by atoms with van der Waals surface area (Å²) in [4.78, 5) is 13.7. The van der Waals surface area contributed by atoms with E-state index in [0.717, 1.165) is 12.8 Å². The zero-order valence-corrected chi connectivity index (χ0v) is 14.9.